The first-order valence-electron chi connectivity index (χ1n) is 5.98. The van der Waals surface area contributed by atoms with Gasteiger partial charge in [-0.3, -0.25) is 9.59 Å². The molecule has 3 N–H and O–H groups in total. The molecule has 6 nitrogen and oxygen atoms in total. The van der Waals surface area contributed by atoms with Crippen molar-refractivity contribution < 1.29 is 14.3 Å². The molecule has 2 amide bonds. The van der Waals surface area contributed by atoms with Crippen molar-refractivity contribution in [1.29, 1.82) is 0 Å². The van der Waals surface area contributed by atoms with Gasteiger partial charge >= 0.3 is 0 Å². The standard InChI is InChI=1S/C12H25N3O3/c1-12(2,3)14-10(16)8-15(4)11(17)9(13)6-7-18-5/h9H,6-8,13H2,1-5H3,(H,14,16). The summed E-state index contributed by atoms with van der Waals surface area (Å²) in [6, 6.07) is -0.627. The molecule has 0 aliphatic rings. The molecule has 0 saturated carbocycles. The summed E-state index contributed by atoms with van der Waals surface area (Å²) in [5.74, 6) is -0.451. The quantitative estimate of drug-likeness (QED) is 0.687. The molecule has 106 valence electrons. The van der Waals surface area contributed by atoms with Crippen molar-refractivity contribution in [3.05, 3.63) is 0 Å². The minimum atomic E-state index is -0.627. The molecule has 0 saturated heterocycles. The smallest absolute Gasteiger partial charge is 0.240 e. The number of nitrogens with two attached hydrogens (primary N) is 1. The predicted octanol–water partition coefficient (Wildman–Crippen LogP) is -0.277. The van der Waals surface area contributed by atoms with Gasteiger partial charge in [-0.1, -0.05) is 0 Å². The zero-order valence-corrected chi connectivity index (χ0v) is 11.9. The normalized spacial score (nSPS) is 13.0. The zero-order valence-electron chi connectivity index (χ0n) is 11.9. The molecule has 0 aromatic carbocycles. The molecule has 0 radical (unpaired) electrons. The maximum atomic E-state index is 11.8. The third-order valence-electron chi connectivity index (χ3n) is 2.22. The van der Waals surface area contributed by atoms with E-state index in [0.717, 1.165) is 0 Å². The third-order valence-corrected chi connectivity index (χ3v) is 2.22. The predicted molar refractivity (Wildman–Crippen MR) is 70.0 cm³/mol. The first kappa shape index (κ1) is 16.9. The van der Waals surface area contributed by atoms with Crippen molar-refractivity contribution in [3.8, 4) is 0 Å². The maximum absolute atomic E-state index is 11.8. The van der Waals surface area contributed by atoms with Gasteiger partial charge in [-0.05, 0) is 27.2 Å². The molecule has 0 rings (SSSR count). The average Bonchev–Trinajstić information content (AvgIpc) is 2.21. The molecular formula is C12H25N3O3. The number of carbonyl (C=O) groups excluding carboxylic acids is 2. The molecule has 0 aromatic rings. The lowest BCUT2D eigenvalue weighted by atomic mass is 10.1. The van der Waals surface area contributed by atoms with Crippen LogP contribution in [0.2, 0.25) is 0 Å². The summed E-state index contributed by atoms with van der Waals surface area (Å²) in [7, 11) is 3.12. The molecule has 1 atom stereocenters. The van der Waals surface area contributed by atoms with Crippen LogP contribution < -0.4 is 11.1 Å². The minimum absolute atomic E-state index is 0.0107. The molecule has 18 heavy (non-hydrogen) atoms. The number of likely N-dealkylation sites (N-methyl/N-ethyl adjacent to an activating group) is 1. The number of ether oxygens (including phenoxy) is 1. The highest BCUT2D eigenvalue weighted by Crippen LogP contribution is 2.00. The number of hydrogen-bond donors (Lipinski definition) is 2. The van der Waals surface area contributed by atoms with Gasteiger partial charge in [0, 0.05) is 26.3 Å². The topological polar surface area (TPSA) is 84.7 Å². The lowest BCUT2D eigenvalue weighted by Gasteiger charge is -2.24. The number of carbonyl (C=O) groups is 2. The first-order valence-corrected chi connectivity index (χ1v) is 5.98. The Balaban J connectivity index is 4.19. The van der Waals surface area contributed by atoms with Gasteiger partial charge in [0.2, 0.25) is 11.8 Å². The van der Waals surface area contributed by atoms with Crippen LogP contribution in [0.4, 0.5) is 0 Å². The van der Waals surface area contributed by atoms with Crippen LogP contribution in [0, 0.1) is 0 Å². The second kappa shape index (κ2) is 7.33. The van der Waals surface area contributed by atoms with Crippen molar-refractivity contribution in [2.75, 3.05) is 27.3 Å². The summed E-state index contributed by atoms with van der Waals surface area (Å²) in [5, 5.41) is 2.79. The fraction of sp³-hybridized carbons (Fsp3) is 0.833. The van der Waals surface area contributed by atoms with Crippen LogP contribution in [-0.2, 0) is 14.3 Å². The van der Waals surface area contributed by atoms with Gasteiger partial charge in [0.05, 0.1) is 12.6 Å². The lowest BCUT2D eigenvalue weighted by Crippen LogP contribution is -2.49. The van der Waals surface area contributed by atoms with Crippen molar-refractivity contribution in [3.63, 3.8) is 0 Å². The van der Waals surface area contributed by atoms with Gasteiger partial charge in [-0.2, -0.15) is 0 Å². The minimum Gasteiger partial charge on any atom is -0.385 e. The van der Waals surface area contributed by atoms with E-state index in [-0.39, 0.29) is 23.9 Å². The van der Waals surface area contributed by atoms with Crippen molar-refractivity contribution in [2.24, 2.45) is 5.73 Å². The summed E-state index contributed by atoms with van der Waals surface area (Å²) in [6.07, 6.45) is 0.445. The Morgan fingerprint density at radius 2 is 1.94 bits per heavy atom. The molecule has 0 aliphatic carbocycles. The zero-order chi connectivity index (χ0) is 14.3. The van der Waals surface area contributed by atoms with Gasteiger partial charge < -0.3 is 20.7 Å². The fourth-order valence-electron chi connectivity index (χ4n) is 1.40. The average molecular weight is 259 g/mol. The van der Waals surface area contributed by atoms with Gasteiger partial charge in [0.25, 0.3) is 0 Å². The Kier molecular flexibility index (Phi) is 6.86. The molecule has 0 aromatic heterocycles. The highest BCUT2D eigenvalue weighted by molar-refractivity contribution is 5.87. The lowest BCUT2D eigenvalue weighted by molar-refractivity contribution is -0.136. The first-order chi connectivity index (χ1) is 8.17. The summed E-state index contributed by atoms with van der Waals surface area (Å²) >= 11 is 0. The van der Waals surface area contributed by atoms with E-state index >= 15 is 0 Å². The van der Waals surface area contributed by atoms with E-state index in [1.54, 1.807) is 14.2 Å². The highest BCUT2D eigenvalue weighted by Gasteiger charge is 2.21. The summed E-state index contributed by atoms with van der Waals surface area (Å²) in [6.45, 7) is 6.09. The monoisotopic (exact) mass is 259 g/mol. The fourth-order valence-corrected chi connectivity index (χ4v) is 1.40. The number of rotatable bonds is 6. The van der Waals surface area contributed by atoms with Crippen LogP contribution in [0.3, 0.4) is 0 Å². The molecule has 0 spiro atoms. The van der Waals surface area contributed by atoms with Crippen LogP contribution in [0.5, 0.6) is 0 Å². The van der Waals surface area contributed by atoms with Gasteiger partial charge in [-0.25, -0.2) is 0 Å². The van der Waals surface area contributed by atoms with E-state index in [9.17, 15) is 9.59 Å². The molecular weight excluding hydrogens is 234 g/mol. The van der Waals surface area contributed by atoms with Crippen LogP contribution >= 0.6 is 0 Å². The van der Waals surface area contributed by atoms with E-state index in [0.29, 0.717) is 13.0 Å². The second-order valence-electron chi connectivity index (χ2n) is 5.38. The largest absolute Gasteiger partial charge is 0.385 e. The summed E-state index contributed by atoms with van der Waals surface area (Å²) < 4.78 is 4.86. The Morgan fingerprint density at radius 3 is 2.39 bits per heavy atom. The number of methoxy groups -OCH3 is 1. The number of nitrogens with one attached hydrogen (secondary N) is 1. The molecule has 0 fully saturated rings. The van der Waals surface area contributed by atoms with Crippen molar-refractivity contribution in [1.82, 2.24) is 10.2 Å². The third kappa shape index (κ3) is 7.24. The molecule has 1 unspecified atom stereocenters. The number of hydrogen-bond acceptors (Lipinski definition) is 4. The highest BCUT2D eigenvalue weighted by atomic mass is 16.5. The van der Waals surface area contributed by atoms with Crippen LogP contribution in [0.25, 0.3) is 0 Å². The van der Waals surface area contributed by atoms with Crippen LogP contribution in [0.15, 0.2) is 0 Å². The molecule has 0 bridgehead atoms. The van der Waals surface area contributed by atoms with Gasteiger partial charge in [0.1, 0.15) is 0 Å². The number of nitrogens with zero attached hydrogens (tertiary/aromatic N) is 1. The molecule has 0 heterocycles. The Labute approximate surface area is 109 Å². The molecule has 6 heteroatoms. The SMILES string of the molecule is COCCC(N)C(=O)N(C)CC(=O)NC(C)(C)C. The van der Waals surface area contributed by atoms with Crippen molar-refractivity contribution in [2.45, 2.75) is 38.8 Å². The second-order valence-corrected chi connectivity index (χ2v) is 5.38. The summed E-state index contributed by atoms with van der Waals surface area (Å²) in [4.78, 5) is 24.8. The van der Waals surface area contributed by atoms with E-state index in [2.05, 4.69) is 5.32 Å². The Bertz CT molecular complexity index is 287. The van der Waals surface area contributed by atoms with E-state index in [1.165, 1.54) is 4.90 Å². The summed E-state index contributed by atoms with van der Waals surface area (Å²) in [5.41, 5.74) is 5.40. The van der Waals surface area contributed by atoms with E-state index < -0.39 is 6.04 Å². The van der Waals surface area contributed by atoms with E-state index in [1.807, 2.05) is 20.8 Å². The maximum Gasteiger partial charge on any atom is 0.240 e. The molecule has 0 aliphatic heterocycles. The van der Waals surface area contributed by atoms with Gasteiger partial charge in [0.15, 0.2) is 0 Å². The number of amides is 2. The van der Waals surface area contributed by atoms with Crippen LogP contribution in [0.1, 0.15) is 27.2 Å². The van der Waals surface area contributed by atoms with Gasteiger partial charge in [-0.15, -0.1) is 0 Å². The van der Waals surface area contributed by atoms with Crippen molar-refractivity contribution >= 4 is 11.8 Å². The Morgan fingerprint density at radius 1 is 1.39 bits per heavy atom. The van der Waals surface area contributed by atoms with E-state index in [4.69, 9.17) is 10.5 Å². The Hall–Kier alpha value is -1.14. The van der Waals surface area contributed by atoms with Crippen LogP contribution in [-0.4, -0.2) is 55.6 Å².